The van der Waals surface area contributed by atoms with Gasteiger partial charge in [0.1, 0.15) is 0 Å². The van der Waals surface area contributed by atoms with Gasteiger partial charge in [0.15, 0.2) is 0 Å². The summed E-state index contributed by atoms with van der Waals surface area (Å²) in [6.07, 6.45) is 1.14. The molecule has 0 radical (unpaired) electrons. The summed E-state index contributed by atoms with van der Waals surface area (Å²) in [5.74, 6) is 0. The minimum absolute atomic E-state index is 0.451. The molecule has 0 amide bonds. The van der Waals surface area contributed by atoms with Gasteiger partial charge in [-0.15, -0.1) is 0 Å². The first-order chi connectivity index (χ1) is 21.3. The Hall–Kier alpha value is -3.39. The van der Waals surface area contributed by atoms with Crippen LogP contribution in [0.25, 0.3) is 0 Å². The van der Waals surface area contributed by atoms with Gasteiger partial charge in [-0.3, -0.25) is 0 Å². The summed E-state index contributed by atoms with van der Waals surface area (Å²) in [5, 5.41) is 9.22. The van der Waals surface area contributed by atoms with E-state index in [1.807, 2.05) is 0 Å². The van der Waals surface area contributed by atoms with E-state index < -0.39 is 23.8 Å². The van der Waals surface area contributed by atoms with Gasteiger partial charge in [0.05, 0.1) is 0 Å². The quantitative estimate of drug-likeness (QED) is 0.129. The van der Waals surface area contributed by atoms with Gasteiger partial charge in [0.25, 0.3) is 0 Å². The van der Waals surface area contributed by atoms with E-state index in [0.29, 0.717) is 11.1 Å². The molecule has 0 nitrogen and oxygen atoms in total. The molecule has 1 unspecified atom stereocenters. The van der Waals surface area contributed by atoms with Gasteiger partial charge < -0.3 is 0 Å². The maximum Gasteiger partial charge on any atom is 0.0161 e. The third-order valence-electron chi connectivity index (χ3n) is 7.79. The van der Waals surface area contributed by atoms with Crippen LogP contribution < -0.4 is 31.8 Å². The maximum absolute atomic E-state index is 2.52. The Bertz CT molecular complexity index is 1440. The third-order valence-corrected chi connectivity index (χ3v) is 17.0. The first-order valence-electron chi connectivity index (χ1n) is 15.0. The standard InChI is InChI=1S/C40H37P3/c1-33(41(34-20-8-2-9-21-34)35-22-10-3-11-23-35)32-40(42(36-24-12-4-13-25-36)37-26-14-5-15-27-37)43(38-28-16-6-17-29-38)39-30-18-7-19-31-39/h2-31,33,40H,32H2,1H3. The van der Waals surface area contributed by atoms with Crippen molar-refractivity contribution in [3.63, 3.8) is 0 Å². The molecular weight excluding hydrogens is 573 g/mol. The van der Waals surface area contributed by atoms with E-state index in [1.54, 1.807) is 0 Å². The summed E-state index contributed by atoms with van der Waals surface area (Å²) in [4.78, 5) is 0. The fourth-order valence-electron chi connectivity index (χ4n) is 5.91. The van der Waals surface area contributed by atoms with Crippen molar-refractivity contribution < 1.29 is 0 Å². The predicted molar refractivity (Wildman–Crippen MR) is 195 cm³/mol. The fourth-order valence-corrected chi connectivity index (χ4v) is 16.5. The molecule has 0 bridgehead atoms. The molecule has 0 fully saturated rings. The summed E-state index contributed by atoms with van der Waals surface area (Å²) >= 11 is 0. The second-order valence-electron chi connectivity index (χ2n) is 10.7. The normalized spacial score (nSPS) is 12.2. The number of hydrogen-bond acceptors (Lipinski definition) is 0. The average molecular weight is 611 g/mol. The zero-order chi connectivity index (χ0) is 29.3. The lowest BCUT2D eigenvalue weighted by Gasteiger charge is -2.39. The number of rotatable bonds is 11. The second kappa shape index (κ2) is 14.9. The van der Waals surface area contributed by atoms with E-state index in [1.165, 1.54) is 31.8 Å². The van der Waals surface area contributed by atoms with Crippen LogP contribution in [0.15, 0.2) is 182 Å². The van der Waals surface area contributed by atoms with Crippen LogP contribution in [-0.4, -0.2) is 11.1 Å². The Morgan fingerprint density at radius 3 is 0.767 bits per heavy atom. The lowest BCUT2D eigenvalue weighted by molar-refractivity contribution is 0.876. The lowest BCUT2D eigenvalue weighted by Crippen LogP contribution is -2.31. The Morgan fingerprint density at radius 2 is 0.535 bits per heavy atom. The smallest absolute Gasteiger partial charge is 0.0161 e. The Kier molecular flexibility index (Phi) is 10.3. The van der Waals surface area contributed by atoms with Gasteiger partial charge in [0.2, 0.25) is 0 Å². The lowest BCUT2D eigenvalue weighted by atomic mass is 10.3. The average Bonchev–Trinajstić information content (AvgIpc) is 3.08. The van der Waals surface area contributed by atoms with E-state index in [2.05, 4.69) is 189 Å². The van der Waals surface area contributed by atoms with Crippen molar-refractivity contribution in [3.05, 3.63) is 182 Å². The first-order valence-corrected chi connectivity index (χ1v) is 19.2. The Labute approximate surface area is 261 Å². The Morgan fingerprint density at radius 1 is 0.326 bits per heavy atom. The van der Waals surface area contributed by atoms with Crippen molar-refractivity contribution >= 4 is 55.6 Å². The predicted octanol–water partition coefficient (Wildman–Crippen LogP) is 8.49. The summed E-state index contributed by atoms with van der Waals surface area (Å²) in [5.41, 5.74) is 0.486. The third kappa shape index (κ3) is 7.23. The fraction of sp³-hybridized carbons (Fsp3) is 0.100. The van der Waals surface area contributed by atoms with Gasteiger partial charge in [0, 0.05) is 5.40 Å². The molecule has 0 saturated carbocycles. The minimum atomic E-state index is -0.657. The molecule has 3 heteroatoms. The van der Waals surface area contributed by atoms with Gasteiger partial charge in [-0.25, -0.2) is 0 Å². The molecule has 0 N–H and O–H groups in total. The van der Waals surface area contributed by atoms with Crippen LogP contribution in [0.3, 0.4) is 0 Å². The van der Waals surface area contributed by atoms with Gasteiger partial charge in [-0.2, -0.15) is 0 Å². The molecule has 0 aliphatic heterocycles. The van der Waals surface area contributed by atoms with Crippen molar-refractivity contribution in [1.29, 1.82) is 0 Å². The molecule has 0 aliphatic carbocycles. The molecule has 0 aromatic heterocycles. The highest BCUT2D eigenvalue weighted by molar-refractivity contribution is 7.89. The van der Waals surface area contributed by atoms with Gasteiger partial charge in [-0.1, -0.05) is 189 Å². The van der Waals surface area contributed by atoms with E-state index in [0.717, 1.165) is 6.42 Å². The van der Waals surface area contributed by atoms with Crippen LogP contribution in [0, 0.1) is 0 Å². The minimum Gasteiger partial charge on any atom is -0.0622 e. The second-order valence-corrected chi connectivity index (χ2v) is 18.5. The Balaban J connectivity index is 1.54. The largest absolute Gasteiger partial charge is 0.0622 e. The molecule has 6 rings (SSSR count). The van der Waals surface area contributed by atoms with Crippen LogP contribution in [0.4, 0.5) is 0 Å². The monoisotopic (exact) mass is 610 g/mol. The number of benzene rings is 6. The molecule has 212 valence electrons. The highest BCUT2D eigenvalue weighted by Crippen LogP contribution is 2.60. The van der Waals surface area contributed by atoms with Crippen molar-refractivity contribution in [3.8, 4) is 0 Å². The molecule has 43 heavy (non-hydrogen) atoms. The SMILES string of the molecule is CC(CC(P(c1ccccc1)c1ccccc1)P(c1ccccc1)c1ccccc1)P(c1ccccc1)c1ccccc1. The van der Waals surface area contributed by atoms with E-state index in [4.69, 9.17) is 0 Å². The maximum atomic E-state index is 2.52. The molecule has 0 aliphatic rings. The van der Waals surface area contributed by atoms with Crippen LogP contribution in [0.2, 0.25) is 0 Å². The van der Waals surface area contributed by atoms with Crippen molar-refractivity contribution in [2.75, 3.05) is 0 Å². The topological polar surface area (TPSA) is 0 Å². The van der Waals surface area contributed by atoms with Crippen LogP contribution >= 0.6 is 23.8 Å². The first kappa shape index (κ1) is 29.7. The van der Waals surface area contributed by atoms with Crippen LogP contribution in [0.5, 0.6) is 0 Å². The summed E-state index contributed by atoms with van der Waals surface area (Å²) in [6.45, 7) is 2.52. The summed E-state index contributed by atoms with van der Waals surface area (Å²) in [6, 6.07) is 67.9. The van der Waals surface area contributed by atoms with Crippen molar-refractivity contribution in [1.82, 2.24) is 0 Å². The molecule has 6 aromatic rings. The van der Waals surface area contributed by atoms with Gasteiger partial charge >= 0.3 is 0 Å². The molecule has 6 aromatic carbocycles. The van der Waals surface area contributed by atoms with Crippen molar-refractivity contribution in [2.45, 2.75) is 24.4 Å². The van der Waals surface area contributed by atoms with E-state index in [9.17, 15) is 0 Å². The molecule has 0 heterocycles. The zero-order valence-electron chi connectivity index (χ0n) is 24.5. The van der Waals surface area contributed by atoms with Gasteiger partial charge in [-0.05, 0) is 67.7 Å². The van der Waals surface area contributed by atoms with E-state index >= 15 is 0 Å². The van der Waals surface area contributed by atoms with Crippen LogP contribution in [-0.2, 0) is 0 Å². The number of hydrogen-bond donors (Lipinski definition) is 0. The summed E-state index contributed by atoms with van der Waals surface area (Å²) in [7, 11) is -1.86. The van der Waals surface area contributed by atoms with Crippen molar-refractivity contribution in [2.24, 2.45) is 0 Å². The molecule has 0 spiro atoms. The summed E-state index contributed by atoms with van der Waals surface area (Å²) < 4.78 is 0. The highest BCUT2D eigenvalue weighted by atomic mass is 31.2. The van der Waals surface area contributed by atoms with E-state index in [-0.39, 0.29) is 0 Å². The zero-order valence-corrected chi connectivity index (χ0v) is 27.2. The molecular formula is C40H37P3. The van der Waals surface area contributed by atoms with Crippen LogP contribution in [0.1, 0.15) is 13.3 Å². The molecule has 0 saturated heterocycles. The highest BCUT2D eigenvalue weighted by Gasteiger charge is 2.36. The molecule has 1 atom stereocenters.